The highest BCUT2D eigenvalue weighted by atomic mass is 33.1. The lowest BCUT2D eigenvalue weighted by molar-refractivity contribution is -0.156. The Morgan fingerprint density at radius 1 is 0.757 bits per heavy atom. The average Bonchev–Trinajstić information content (AvgIpc) is 2.85. The van der Waals surface area contributed by atoms with Gasteiger partial charge in [-0.3, -0.25) is 9.59 Å². The number of carbonyl (C=O) groups is 2. The van der Waals surface area contributed by atoms with E-state index < -0.39 is 17.8 Å². The fourth-order valence-electron chi connectivity index (χ4n) is 3.12. The number of unbranched alkanes of at least 4 members (excludes halogenated alkanes) is 1. The Kier molecular flexibility index (Phi) is 21.0. The SMILES string of the molecule is CCC(C)(CC)CC(O)COCCCCOCC(O)COC(=O)CCSSCCC(=O)OC(C)(C)CC. The molecule has 0 heterocycles. The summed E-state index contributed by atoms with van der Waals surface area (Å²) in [6.45, 7) is 13.7. The van der Waals surface area contributed by atoms with Crippen LogP contribution in [0.4, 0.5) is 0 Å². The zero-order valence-corrected chi connectivity index (χ0v) is 25.6. The molecule has 0 aliphatic heterocycles. The van der Waals surface area contributed by atoms with Crippen LogP contribution in [-0.2, 0) is 28.5 Å². The lowest BCUT2D eigenvalue weighted by atomic mass is 9.80. The summed E-state index contributed by atoms with van der Waals surface area (Å²) in [5, 5.41) is 20.1. The molecule has 0 bridgehead atoms. The second kappa shape index (κ2) is 21.3. The van der Waals surface area contributed by atoms with Crippen LogP contribution < -0.4 is 0 Å². The van der Waals surface area contributed by atoms with E-state index in [4.69, 9.17) is 18.9 Å². The zero-order chi connectivity index (χ0) is 28.2. The van der Waals surface area contributed by atoms with Crippen molar-refractivity contribution < 1.29 is 38.7 Å². The predicted octanol–water partition coefficient (Wildman–Crippen LogP) is 5.17. The van der Waals surface area contributed by atoms with Gasteiger partial charge in [0.15, 0.2) is 0 Å². The van der Waals surface area contributed by atoms with Gasteiger partial charge in [-0.15, -0.1) is 0 Å². The van der Waals surface area contributed by atoms with Crippen LogP contribution >= 0.6 is 21.6 Å². The van der Waals surface area contributed by atoms with E-state index in [2.05, 4.69) is 20.8 Å². The third-order valence-electron chi connectivity index (χ3n) is 6.42. The molecule has 10 heteroatoms. The number of aliphatic hydroxyl groups is 2. The number of carbonyl (C=O) groups excluding carboxylic acids is 2. The Bertz CT molecular complexity index is 599. The van der Waals surface area contributed by atoms with Crippen molar-refractivity contribution in [1.29, 1.82) is 0 Å². The van der Waals surface area contributed by atoms with Crippen molar-refractivity contribution in [3.63, 3.8) is 0 Å². The summed E-state index contributed by atoms with van der Waals surface area (Å²) >= 11 is 0. The maximum Gasteiger partial charge on any atom is 0.307 e. The van der Waals surface area contributed by atoms with Crippen LogP contribution in [0.5, 0.6) is 0 Å². The number of aliphatic hydroxyl groups excluding tert-OH is 2. The maximum atomic E-state index is 11.8. The highest BCUT2D eigenvalue weighted by molar-refractivity contribution is 8.76. The first kappa shape index (κ1) is 36.5. The molecule has 0 spiro atoms. The van der Waals surface area contributed by atoms with Crippen molar-refractivity contribution in [3.05, 3.63) is 0 Å². The molecule has 2 N–H and O–H groups in total. The van der Waals surface area contributed by atoms with Crippen molar-refractivity contribution in [2.45, 2.75) is 111 Å². The molecular weight excluding hydrogens is 516 g/mol. The van der Waals surface area contributed by atoms with Crippen molar-refractivity contribution in [2.75, 3.05) is 44.5 Å². The highest BCUT2D eigenvalue weighted by Crippen LogP contribution is 2.31. The second-order valence-corrected chi connectivity index (χ2v) is 13.0. The van der Waals surface area contributed by atoms with Gasteiger partial charge in [0.25, 0.3) is 0 Å². The Morgan fingerprint density at radius 2 is 1.27 bits per heavy atom. The Morgan fingerprint density at radius 3 is 1.78 bits per heavy atom. The van der Waals surface area contributed by atoms with Crippen LogP contribution in [0.25, 0.3) is 0 Å². The van der Waals surface area contributed by atoms with Crippen LogP contribution in [0.15, 0.2) is 0 Å². The third kappa shape index (κ3) is 21.0. The average molecular weight is 569 g/mol. The minimum Gasteiger partial charge on any atom is -0.463 e. The molecule has 220 valence electrons. The normalized spacial score (nSPS) is 13.8. The maximum absolute atomic E-state index is 11.8. The van der Waals surface area contributed by atoms with Crippen molar-refractivity contribution in [2.24, 2.45) is 5.41 Å². The molecular formula is C27H52O8S2. The minimum atomic E-state index is -0.859. The molecule has 0 fully saturated rings. The predicted molar refractivity (Wildman–Crippen MR) is 152 cm³/mol. The Balaban J connectivity index is 3.61. The van der Waals surface area contributed by atoms with Gasteiger partial charge in [-0.05, 0) is 44.9 Å². The zero-order valence-electron chi connectivity index (χ0n) is 23.9. The largest absolute Gasteiger partial charge is 0.463 e. The summed E-state index contributed by atoms with van der Waals surface area (Å²) in [4.78, 5) is 23.6. The quantitative estimate of drug-likeness (QED) is 0.0918. The minimum absolute atomic E-state index is 0.0921. The van der Waals surface area contributed by atoms with Crippen LogP contribution in [0.2, 0.25) is 0 Å². The summed E-state index contributed by atoms with van der Waals surface area (Å²) in [5.74, 6) is 0.621. The summed E-state index contributed by atoms with van der Waals surface area (Å²) in [6, 6.07) is 0. The number of esters is 2. The van der Waals surface area contributed by atoms with E-state index in [9.17, 15) is 19.8 Å². The van der Waals surface area contributed by atoms with E-state index in [-0.39, 0.29) is 37.0 Å². The van der Waals surface area contributed by atoms with Gasteiger partial charge in [0.1, 0.15) is 18.3 Å². The fourth-order valence-corrected chi connectivity index (χ4v) is 5.06. The van der Waals surface area contributed by atoms with Crippen LogP contribution in [0, 0.1) is 5.41 Å². The molecule has 0 aromatic carbocycles. The Labute approximate surface area is 232 Å². The standard InChI is InChI=1S/C27H52O8S2/c1-7-26(4,5)35-25(31)13-17-37-36-16-12-24(30)34-21-23(29)20-33-15-11-10-14-32-19-22(28)18-27(6,8-2)9-3/h22-23,28-29H,7-21H2,1-6H3. The van der Waals surface area contributed by atoms with Gasteiger partial charge in [-0.1, -0.05) is 62.1 Å². The lowest BCUT2D eigenvalue weighted by Crippen LogP contribution is -2.27. The molecule has 0 aromatic heterocycles. The Hall–Kier alpha value is -0.520. The van der Waals surface area contributed by atoms with E-state index in [1.165, 1.54) is 21.6 Å². The molecule has 0 amide bonds. The molecule has 0 saturated heterocycles. The van der Waals surface area contributed by atoms with Crippen LogP contribution in [0.1, 0.15) is 92.9 Å². The number of hydrogen-bond acceptors (Lipinski definition) is 10. The first-order valence-electron chi connectivity index (χ1n) is 13.6. The first-order chi connectivity index (χ1) is 17.5. The van der Waals surface area contributed by atoms with Gasteiger partial charge in [0, 0.05) is 24.7 Å². The van der Waals surface area contributed by atoms with E-state index in [1.807, 2.05) is 20.8 Å². The summed E-state index contributed by atoms with van der Waals surface area (Å²) < 4.78 is 21.5. The van der Waals surface area contributed by atoms with Gasteiger partial charge < -0.3 is 29.2 Å². The highest BCUT2D eigenvalue weighted by Gasteiger charge is 2.23. The molecule has 2 atom stereocenters. The monoisotopic (exact) mass is 568 g/mol. The molecule has 0 aliphatic rings. The van der Waals surface area contributed by atoms with E-state index in [1.54, 1.807) is 0 Å². The number of rotatable bonds is 24. The van der Waals surface area contributed by atoms with Gasteiger partial charge in [-0.2, -0.15) is 0 Å². The summed E-state index contributed by atoms with van der Waals surface area (Å²) in [5.41, 5.74) is -0.270. The number of ether oxygens (including phenoxy) is 4. The lowest BCUT2D eigenvalue weighted by Gasteiger charge is -2.29. The smallest absolute Gasteiger partial charge is 0.307 e. The molecule has 8 nitrogen and oxygen atoms in total. The van der Waals surface area contributed by atoms with Crippen molar-refractivity contribution in [1.82, 2.24) is 0 Å². The molecule has 0 aliphatic carbocycles. The third-order valence-corrected chi connectivity index (χ3v) is 8.83. The molecule has 0 saturated carbocycles. The number of hydrogen-bond donors (Lipinski definition) is 2. The molecule has 0 radical (unpaired) electrons. The topological polar surface area (TPSA) is 112 Å². The van der Waals surface area contributed by atoms with Crippen LogP contribution in [-0.4, -0.2) is 84.5 Å². The molecule has 0 aromatic rings. The van der Waals surface area contributed by atoms with Gasteiger partial charge in [-0.25, -0.2) is 0 Å². The van der Waals surface area contributed by atoms with E-state index in [0.29, 0.717) is 37.7 Å². The first-order valence-corrected chi connectivity index (χ1v) is 16.1. The summed E-state index contributed by atoms with van der Waals surface area (Å²) in [6.07, 6.45) is 4.47. The van der Waals surface area contributed by atoms with Crippen molar-refractivity contribution >= 4 is 33.5 Å². The van der Waals surface area contributed by atoms with Crippen molar-refractivity contribution in [3.8, 4) is 0 Å². The second-order valence-electron chi connectivity index (χ2n) is 10.3. The van der Waals surface area contributed by atoms with Gasteiger partial charge in [0.2, 0.25) is 0 Å². The fraction of sp³-hybridized carbons (Fsp3) is 0.926. The van der Waals surface area contributed by atoms with Gasteiger partial charge >= 0.3 is 11.9 Å². The molecule has 0 rings (SSSR count). The molecule has 2 unspecified atom stereocenters. The van der Waals surface area contributed by atoms with Crippen LogP contribution in [0.3, 0.4) is 0 Å². The van der Waals surface area contributed by atoms with E-state index >= 15 is 0 Å². The summed E-state index contributed by atoms with van der Waals surface area (Å²) in [7, 11) is 3.03. The molecule has 37 heavy (non-hydrogen) atoms. The van der Waals surface area contributed by atoms with Gasteiger partial charge in [0.05, 0.1) is 32.2 Å². The van der Waals surface area contributed by atoms with E-state index in [0.717, 1.165) is 38.5 Å².